The number of non-ortho nitro benzene ring substituents is 1. The molecule has 1 aromatic carbocycles. The molecule has 0 bridgehead atoms. The maximum atomic E-state index is 12.8. The first-order valence-corrected chi connectivity index (χ1v) is 8.67. The lowest BCUT2D eigenvalue weighted by atomic mass is 10.0. The van der Waals surface area contributed by atoms with Gasteiger partial charge in [0.15, 0.2) is 0 Å². The lowest BCUT2D eigenvalue weighted by Gasteiger charge is -2.19. The summed E-state index contributed by atoms with van der Waals surface area (Å²) in [6, 6.07) is 12.7. The van der Waals surface area contributed by atoms with Crippen molar-refractivity contribution in [2.24, 2.45) is 0 Å². The second kappa shape index (κ2) is 9.33. The van der Waals surface area contributed by atoms with Gasteiger partial charge in [0, 0.05) is 50.0 Å². The highest BCUT2D eigenvalue weighted by molar-refractivity contribution is 5.83. The molecule has 0 radical (unpaired) electrons. The molecule has 0 saturated carbocycles. The van der Waals surface area contributed by atoms with Crippen LogP contribution in [-0.4, -0.2) is 20.8 Å². The van der Waals surface area contributed by atoms with Crippen molar-refractivity contribution in [1.29, 1.82) is 0 Å². The summed E-state index contributed by atoms with van der Waals surface area (Å²) in [7, 11) is 0. The van der Waals surface area contributed by atoms with Gasteiger partial charge in [-0.3, -0.25) is 30.2 Å². The minimum Gasteiger partial charge on any atom is -0.350 e. The van der Waals surface area contributed by atoms with E-state index in [0.717, 1.165) is 11.1 Å². The number of carbonyl (C=O) groups excluding carboxylic acids is 1. The fourth-order valence-electron chi connectivity index (χ4n) is 2.69. The van der Waals surface area contributed by atoms with Crippen LogP contribution < -0.4 is 10.6 Å². The molecule has 0 aliphatic rings. The second-order valence-corrected chi connectivity index (χ2v) is 6.10. The van der Waals surface area contributed by atoms with Crippen LogP contribution in [0.25, 0.3) is 0 Å². The number of pyridine rings is 2. The van der Waals surface area contributed by atoms with E-state index in [9.17, 15) is 14.9 Å². The predicted molar refractivity (Wildman–Crippen MR) is 103 cm³/mol. The van der Waals surface area contributed by atoms with Gasteiger partial charge in [-0.1, -0.05) is 18.2 Å². The van der Waals surface area contributed by atoms with Crippen molar-refractivity contribution in [3.63, 3.8) is 0 Å². The molecule has 2 N–H and O–H groups in total. The molecule has 8 heteroatoms. The van der Waals surface area contributed by atoms with E-state index in [-0.39, 0.29) is 11.6 Å². The van der Waals surface area contributed by atoms with Crippen LogP contribution in [0.2, 0.25) is 0 Å². The fraction of sp³-hybridized carbons (Fsp3) is 0.150. The van der Waals surface area contributed by atoms with E-state index in [4.69, 9.17) is 0 Å². The van der Waals surface area contributed by atoms with Gasteiger partial charge in [-0.05, 0) is 34.9 Å². The summed E-state index contributed by atoms with van der Waals surface area (Å²) in [4.78, 5) is 31.5. The van der Waals surface area contributed by atoms with Crippen LogP contribution >= 0.6 is 0 Å². The van der Waals surface area contributed by atoms with Crippen molar-refractivity contribution in [2.45, 2.75) is 19.1 Å². The number of carbonyl (C=O) groups is 1. The molecule has 142 valence electrons. The topological polar surface area (TPSA) is 110 Å². The summed E-state index contributed by atoms with van der Waals surface area (Å²) in [5.74, 6) is -0.279. The molecule has 1 atom stereocenters. The Kier molecular flexibility index (Phi) is 6.37. The van der Waals surface area contributed by atoms with Crippen molar-refractivity contribution in [3.05, 3.63) is 100 Å². The molecule has 3 rings (SSSR count). The summed E-state index contributed by atoms with van der Waals surface area (Å²) >= 11 is 0. The van der Waals surface area contributed by atoms with Gasteiger partial charge in [0.2, 0.25) is 5.91 Å². The quantitative estimate of drug-likeness (QED) is 0.461. The number of aromatic nitrogens is 2. The first kappa shape index (κ1) is 19.1. The number of benzene rings is 1. The Hall–Kier alpha value is -3.65. The van der Waals surface area contributed by atoms with Gasteiger partial charge in [0.05, 0.1) is 4.92 Å². The first-order chi connectivity index (χ1) is 13.6. The van der Waals surface area contributed by atoms with E-state index < -0.39 is 11.0 Å². The highest BCUT2D eigenvalue weighted by atomic mass is 16.6. The van der Waals surface area contributed by atoms with E-state index in [1.54, 1.807) is 43.0 Å². The number of hydrogen-bond donors (Lipinski definition) is 2. The van der Waals surface area contributed by atoms with Gasteiger partial charge in [-0.2, -0.15) is 0 Å². The Morgan fingerprint density at radius 2 is 1.82 bits per heavy atom. The van der Waals surface area contributed by atoms with Crippen molar-refractivity contribution < 1.29 is 9.72 Å². The van der Waals surface area contributed by atoms with Gasteiger partial charge in [0.25, 0.3) is 5.69 Å². The molecular formula is C20H19N5O3. The lowest BCUT2D eigenvalue weighted by Crippen LogP contribution is -2.37. The molecular weight excluding hydrogens is 358 g/mol. The Bertz CT molecular complexity index is 935. The summed E-state index contributed by atoms with van der Waals surface area (Å²) < 4.78 is 0. The number of rotatable bonds is 8. The average Bonchev–Trinajstić information content (AvgIpc) is 2.74. The first-order valence-electron chi connectivity index (χ1n) is 8.67. The highest BCUT2D eigenvalue weighted by Gasteiger charge is 2.22. The van der Waals surface area contributed by atoms with Crippen LogP contribution in [0.3, 0.4) is 0 Å². The normalized spacial score (nSPS) is 11.6. The smallest absolute Gasteiger partial charge is 0.269 e. The number of nitrogens with zero attached hydrogens (tertiary/aromatic N) is 3. The zero-order valence-electron chi connectivity index (χ0n) is 15.0. The molecule has 0 saturated heterocycles. The predicted octanol–water partition coefficient (Wildman–Crippen LogP) is 2.53. The molecule has 2 aromatic heterocycles. The summed E-state index contributed by atoms with van der Waals surface area (Å²) in [6.07, 6.45) is 6.67. The van der Waals surface area contributed by atoms with E-state index in [0.29, 0.717) is 18.7 Å². The standard InChI is InChI=1S/C20H19N5O3/c26-20(24-14-16-3-2-8-22-12-16)19(23-13-15-6-9-21-10-7-15)17-4-1-5-18(11-17)25(27)28/h1-12,19,23H,13-14H2,(H,24,26). The maximum absolute atomic E-state index is 12.8. The third-order valence-electron chi connectivity index (χ3n) is 4.13. The maximum Gasteiger partial charge on any atom is 0.269 e. The lowest BCUT2D eigenvalue weighted by molar-refractivity contribution is -0.384. The molecule has 0 spiro atoms. The molecule has 1 amide bonds. The third-order valence-corrected chi connectivity index (χ3v) is 4.13. The Labute approximate surface area is 161 Å². The van der Waals surface area contributed by atoms with E-state index >= 15 is 0 Å². The molecule has 28 heavy (non-hydrogen) atoms. The summed E-state index contributed by atoms with van der Waals surface area (Å²) in [6.45, 7) is 0.727. The number of amides is 1. The number of nitro benzene ring substituents is 1. The van der Waals surface area contributed by atoms with E-state index in [1.807, 2.05) is 18.2 Å². The molecule has 2 heterocycles. The van der Waals surface area contributed by atoms with Gasteiger partial charge in [-0.15, -0.1) is 0 Å². The zero-order valence-corrected chi connectivity index (χ0v) is 15.0. The van der Waals surface area contributed by atoms with Crippen LogP contribution in [-0.2, 0) is 17.9 Å². The number of nitrogens with one attached hydrogen (secondary N) is 2. The SMILES string of the molecule is O=C(NCc1cccnc1)C(NCc1ccncc1)c1cccc([N+](=O)[O-])c1. The van der Waals surface area contributed by atoms with Crippen LogP contribution in [0.5, 0.6) is 0 Å². The van der Waals surface area contributed by atoms with Gasteiger partial charge >= 0.3 is 0 Å². The van der Waals surface area contributed by atoms with Crippen molar-refractivity contribution in [2.75, 3.05) is 0 Å². The summed E-state index contributed by atoms with van der Waals surface area (Å²) in [5.41, 5.74) is 2.27. The molecule has 0 fully saturated rings. The number of hydrogen-bond acceptors (Lipinski definition) is 6. The second-order valence-electron chi connectivity index (χ2n) is 6.10. The van der Waals surface area contributed by atoms with Crippen molar-refractivity contribution in [1.82, 2.24) is 20.6 Å². The highest BCUT2D eigenvalue weighted by Crippen LogP contribution is 2.20. The zero-order chi connectivity index (χ0) is 19.8. The van der Waals surface area contributed by atoms with Crippen molar-refractivity contribution >= 4 is 11.6 Å². The molecule has 0 aliphatic carbocycles. The van der Waals surface area contributed by atoms with Crippen LogP contribution in [0.1, 0.15) is 22.7 Å². The molecule has 0 aliphatic heterocycles. The Morgan fingerprint density at radius 1 is 1.00 bits per heavy atom. The van der Waals surface area contributed by atoms with E-state index in [2.05, 4.69) is 20.6 Å². The van der Waals surface area contributed by atoms with Gasteiger partial charge in [-0.25, -0.2) is 0 Å². The minimum atomic E-state index is -0.746. The number of nitro groups is 1. The molecule has 8 nitrogen and oxygen atoms in total. The van der Waals surface area contributed by atoms with Gasteiger partial charge in [0.1, 0.15) is 6.04 Å². The van der Waals surface area contributed by atoms with Crippen LogP contribution in [0, 0.1) is 10.1 Å². The Morgan fingerprint density at radius 3 is 2.54 bits per heavy atom. The molecule has 1 unspecified atom stereocenters. The Balaban J connectivity index is 1.77. The van der Waals surface area contributed by atoms with Crippen molar-refractivity contribution in [3.8, 4) is 0 Å². The largest absolute Gasteiger partial charge is 0.350 e. The van der Waals surface area contributed by atoms with Crippen LogP contribution in [0.15, 0.2) is 73.3 Å². The van der Waals surface area contributed by atoms with Crippen LogP contribution in [0.4, 0.5) is 5.69 Å². The third kappa shape index (κ3) is 5.18. The fourth-order valence-corrected chi connectivity index (χ4v) is 2.69. The average molecular weight is 377 g/mol. The van der Waals surface area contributed by atoms with Gasteiger partial charge < -0.3 is 5.32 Å². The molecule has 3 aromatic rings. The van der Waals surface area contributed by atoms with E-state index in [1.165, 1.54) is 12.1 Å². The monoisotopic (exact) mass is 377 g/mol. The minimum absolute atomic E-state index is 0.0618. The summed E-state index contributed by atoms with van der Waals surface area (Å²) in [5, 5.41) is 17.1.